The van der Waals surface area contributed by atoms with Crippen molar-refractivity contribution in [3.63, 3.8) is 0 Å². The third-order valence-corrected chi connectivity index (χ3v) is 4.73. The number of carbonyl (C=O) groups is 1. The van der Waals surface area contributed by atoms with Crippen molar-refractivity contribution in [2.24, 2.45) is 11.7 Å². The SMILES string of the molecule is CCOC1(C2CCOCC2)NN(OC)C(N)=C1C(=O)c1ccccc1. The molecule has 0 spiro atoms. The molecule has 2 heterocycles. The Morgan fingerprint density at radius 2 is 2.04 bits per heavy atom. The zero-order chi connectivity index (χ0) is 17.9. The number of hydroxylamine groups is 1. The fourth-order valence-electron chi connectivity index (χ4n) is 3.57. The molecular weight excluding hydrogens is 322 g/mol. The highest BCUT2D eigenvalue weighted by Gasteiger charge is 2.54. The number of Topliss-reactive ketones (excluding diaryl/α,β-unsaturated/α-hetero) is 1. The molecule has 0 aromatic heterocycles. The van der Waals surface area contributed by atoms with E-state index >= 15 is 0 Å². The lowest BCUT2D eigenvalue weighted by molar-refractivity contribution is -0.204. The Hall–Kier alpha value is -1.93. The molecule has 1 atom stereocenters. The maximum Gasteiger partial charge on any atom is 0.197 e. The summed E-state index contributed by atoms with van der Waals surface area (Å²) in [5.41, 5.74) is 9.40. The molecule has 3 N–H and O–H groups in total. The number of nitrogens with two attached hydrogens (primary N) is 1. The third kappa shape index (κ3) is 3.16. The summed E-state index contributed by atoms with van der Waals surface area (Å²) in [5.74, 6) is 0.115. The van der Waals surface area contributed by atoms with Gasteiger partial charge in [-0.05, 0) is 19.8 Å². The number of hydrogen-bond donors (Lipinski definition) is 2. The van der Waals surface area contributed by atoms with E-state index in [0.717, 1.165) is 12.8 Å². The summed E-state index contributed by atoms with van der Waals surface area (Å²) in [6.07, 6.45) is 1.53. The topological polar surface area (TPSA) is 86.1 Å². The van der Waals surface area contributed by atoms with Crippen LogP contribution in [0.5, 0.6) is 0 Å². The van der Waals surface area contributed by atoms with Crippen LogP contribution >= 0.6 is 0 Å². The fraction of sp³-hybridized carbons (Fsp3) is 0.500. The number of benzene rings is 1. The molecule has 2 aliphatic heterocycles. The van der Waals surface area contributed by atoms with Crippen LogP contribution in [0.25, 0.3) is 0 Å². The molecule has 1 aromatic rings. The Morgan fingerprint density at radius 3 is 2.64 bits per heavy atom. The summed E-state index contributed by atoms with van der Waals surface area (Å²) >= 11 is 0. The summed E-state index contributed by atoms with van der Waals surface area (Å²) in [6, 6.07) is 9.09. The van der Waals surface area contributed by atoms with E-state index in [0.29, 0.717) is 31.0 Å². The quantitative estimate of drug-likeness (QED) is 0.756. The zero-order valence-corrected chi connectivity index (χ0v) is 14.7. The molecule has 1 fully saturated rings. The predicted octanol–water partition coefficient (Wildman–Crippen LogP) is 1.58. The highest BCUT2D eigenvalue weighted by molar-refractivity contribution is 6.10. The minimum absolute atomic E-state index is 0.0440. The highest BCUT2D eigenvalue weighted by Crippen LogP contribution is 2.41. The van der Waals surface area contributed by atoms with Gasteiger partial charge in [0.25, 0.3) is 0 Å². The number of nitrogens with zero attached hydrogens (tertiary/aromatic N) is 1. The molecule has 0 saturated carbocycles. The van der Waals surface area contributed by atoms with Gasteiger partial charge in [-0.15, -0.1) is 0 Å². The standard InChI is InChI=1S/C18H25N3O4/c1-3-25-18(14-9-11-24-12-10-14)15(17(19)21(20-18)23-2)16(22)13-7-5-4-6-8-13/h4-8,14,20H,3,9-12,19H2,1-2H3. The molecule has 1 saturated heterocycles. The van der Waals surface area contributed by atoms with E-state index in [2.05, 4.69) is 5.43 Å². The molecule has 0 aliphatic carbocycles. The Kier molecular flexibility index (Phi) is 5.39. The van der Waals surface area contributed by atoms with Gasteiger partial charge in [-0.1, -0.05) is 30.3 Å². The molecule has 2 aliphatic rings. The molecule has 0 amide bonds. The van der Waals surface area contributed by atoms with Gasteiger partial charge in [0.15, 0.2) is 17.3 Å². The molecule has 0 bridgehead atoms. The van der Waals surface area contributed by atoms with E-state index in [1.165, 1.54) is 12.3 Å². The van der Waals surface area contributed by atoms with Crippen molar-refractivity contribution in [3.8, 4) is 0 Å². The maximum atomic E-state index is 13.3. The van der Waals surface area contributed by atoms with E-state index in [1.54, 1.807) is 12.1 Å². The third-order valence-electron chi connectivity index (χ3n) is 4.73. The Bertz CT molecular complexity index is 643. The van der Waals surface area contributed by atoms with E-state index in [1.807, 2.05) is 25.1 Å². The normalized spacial score (nSPS) is 24.8. The second-order valence-corrected chi connectivity index (χ2v) is 6.10. The van der Waals surface area contributed by atoms with Crippen LogP contribution < -0.4 is 11.2 Å². The Balaban J connectivity index is 2.07. The lowest BCUT2D eigenvalue weighted by Gasteiger charge is -2.40. The van der Waals surface area contributed by atoms with Crippen LogP contribution in [0.4, 0.5) is 0 Å². The summed E-state index contributed by atoms with van der Waals surface area (Å²) < 4.78 is 11.6. The Morgan fingerprint density at radius 1 is 1.36 bits per heavy atom. The average molecular weight is 347 g/mol. The minimum atomic E-state index is -1.02. The first-order chi connectivity index (χ1) is 12.1. The van der Waals surface area contributed by atoms with Crippen LogP contribution in [-0.2, 0) is 14.3 Å². The molecule has 7 heteroatoms. The fourth-order valence-corrected chi connectivity index (χ4v) is 3.57. The number of hydrazine groups is 1. The summed E-state index contributed by atoms with van der Waals surface area (Å²) in [5, 5.41) is 1.32. The van der Waals surface area contributed by atoms with Gasteiger partial charge in [0.05, 0.1) is 12.7 Å². The van der Waals surface area contributed by atoms with Crippen molar-refractivity contribution >= 4 is 5.78 Å². The van der Waals surface area contributed by atoms with E-state index in [9.17, 15) is 4.79 Å². The van der Waals surface area contributed by atoms with Crippen LogP contribution in [0.2, 0.25) is 0 Å². The van der Waals surface area contributed by atoms with Crippen LogP contribution in [0, 0.1) is 5.92 Å². The largest absolute Gasteiger partial charge is 0.382 e. The van der Waals surface area contributed by atoms with Gasteiger partial charge < -0.3 is 15.2 Å². The number of nitrogens with one attached hydrogen (secondary N) is 1. The van der Waals surface area contributed by atoms with Crippen molar-refractivity contribution in [2.75, 3.05) is 26.9 Å². The number of ketones is 1. The lowest BCUT2D eigenvalue weighted by Crippen LogP contribution is -2.57. The van der Waals surface area contributed by atoms with Crippen LogP contribution in [0.3, 0.4) is 0 Å². The molecule has 136 valence electrons. The summed E-state index contributed by atoms with van der Waals surface area (Å²) in [7, 11) is 1.50. The molecule has 25 heavy (non-hydrogen) atoms. The van der Waals surface area contributed by atoms with Gasteiger partial charge in [0.2, 0.25) is 0 Å². The second-order valence-electron chi connectivity index (χ2n) is 6.10. The van der Waals surface area contributed by atoms with Gasteiger partial charge in [0, 0.05) is 31.3 Å². The molecule has 7 nitrogen and oxygen atoms in total. The van der Waals surface area contributed by atoms with E-state index in [-0.39, 0.29) is 17.5 Å². The van der Waals surface area contributed by atoms with Crippen LogP contribution in [-0.4, -0.2) is 43.6 Å². The molecule has 1 unspecified atom stereocenters. The van der Waals surface area contributed by atoms with Crippen molar-refractivity contribution < 1.29 is 19.1 Å². The van der Waals surface area contributed by atoms with Gasteiger partial charge in [-0.3, -0.25) is 9.63 Å². The van der Waals surface area contributed by atoms with Crippen molar-refractivity contribution in [1.82, 2.24) is 10.6 Å². The first-order valence-corrected chi connectivity index (χ1v) is 8.57. The van der Waals surface area contributed by atoms with E-state index < -0.39 is 5.72 Å². The zero-order valence-electron chi connectivity index (χ0n) is 14.7. The van der Waals surface area contributed by atoms with Gasteiger partial charge in [0.1, 0.15) is 0 Å². The lowest BCUT2D eigenvalue weighted by atomic mass is 9.81. The smallest absolute Gasteiger partial charge is 0.197 e. The number of hydrogen-bond acceptors (Lipinski definition) is 7. The second kappa shape index (κ2) is 7.53. The maximum absolute atomic E-state index is 13.3. The highest BCUT2D eigenvalue weighted by atomic mass is 16.7. The van der Waals surface area contributed by atoms with Gasteiger partial charge in [-0.25, -0.2) is 0 Å². The molecule has 1 aromatic carbocycles. The van der Waals surface area contributed by atoms with Crippen LogP contribution in [0.1, 0.15) is 30.1 Å². The van der Waals surface area contributed by atoms with Crippen molar-refractivity contribution in [2.45, 2.75) is 25.5 Å². The number of ether oxygens (including phenoxy) is 2. The van der Waals surface area contributed by atoms with E-state index in [4.69, 9.17) is 20.0 Å². The molecule has 0 radical (unpaired) electrons. The molecular formula is C18H25N3O4. The first kappa shape index (κ1) is 17.9. The monoisotopic (exact) mass is 347 g/mol. The van der Waals surface area contributed by atoms with Crippen molar-refractivity contribution in [1.29, 1.82) is 0 Å². The first-order valence-electron chi connectivity index (χ1n) is 8.57. The van der Waals surface area contributed by atoms with Crippen LogP contribution in [0.15, 0.2) is 41.7 Å². The molecule has 3 rings (SSSR count). The van der Waals surface area contributed by atoms with Crippen molar-refractivity contribution in [3.05, 3.63) is 47.3 Å². The number of carbonyl (C=O) groups excluding carboxylic acids is 1. The number of rotatable bonds is 6. The average Bonchev–Trinajstić information content (AvgIpc) is 2.95. The summed E-state index contributed by atoms with van der Waals surface area (Å²) in [6.45, 7) is 3.58. The van der Waals surface area contributed by atoms with Gasteiger partial charge >= 0.3 is 0 Å². The van der Waals surface area contributed by atoms with Gasteiger partial charge in [-0.2, -0.15) is 10.6 Å². The Labute approximate surface area is 147 Å². The predicted molar refractivity (Wildman–Crippen MR) is 91.9 cm³/mol. The minimum Gasteiger partial charge on any atom is -0.382 e. The summed E-state index contributed by atoms with van der Waals surface area (Å²) in [4.78, 5) is 18.6.